The van der Waals surface area contributed by atoms with Crippen molar-refractivity contribution in [2.24, 2.45) is 17.6 Å². The third-order valence-corrected chi connectivity index (χ3v) is 8.21. The lowest BCUT2D eigenvalue weighted by Crippen LogP contribution is -2.60. The van der Waals surface area contributed by atoms with Gasteiger partial charge >= 0.3 is 5.97 Å². The first-order valence-corrected chi connectivity index (χ1v) is 17.2. The standard InChI is InChI=1S/C38H48N6O9/c1-21(2)17-29(43-36(50)31(22(3)4)44-34(48)27(39)20-40-33(47)26-15-8-9-16-30(26)45)35(49)42-28(18-23-11-6-5-7-12-23)32(46)37(51)41-25-14-10-13-24(19-25)38(52)53/h5-16,19,21-22,27-29,31-32,45-46H,17-18,20,39H2,1-4H3,(H,40,47)(H,41,51)(H,42,49)(H,43,50)(H,44,48)(H,52,53)/t27-,28-,29-,31-,32+/m0/s1. The summed E-state index contributed by atoms with van der Waals surface area (Å²) in [6, 6.07) is 15.4. The van der Waals surface area contributed by atoms with Crippen LogP contribution in [0.1, 0.15) is 60.4 Å². The first-order chi connectivity index (χ1) is 25.1. The fourth-order valence-corrected chi connectivity index (χ4v) is 5.34. The number of aromatic hydroxyl groups is 1. The molecule has 0 bridgehead atoms. The zero-order chi connectivity index (χ0) is 39.2. The van der Waals surface area contributed by atoms with E-state index < -0.39 is 71.7 Å². The summed E-state index contributed by atoms with van der Waals surface area (Å²) >= 11 is 0. The Labute approximate surface area is 307 Å². The van der Waals surface area contributed by atoms with Gasteiger partial charge in [-0.1, -0.05) is 76.2 Å². The van der Waals surface area contributed by atoms with E-state index in [0.717, 1.165) is 0 Å². The van der Waals surface area contributed by atoms with Gasteiger partial charge in [0.05, 0.1) is 17.2 Å². The van der Waals surface area contributed by atoms with Crippen LogP contribution in [-0.4, -0.2) is 87.6 Å². The van der Waals surface area contributed by atoms with E-state index in [2.05, 4.69) is 26.6 Å². The van der Waals surface area contributed by atoms with Crippen LogP contribution in [0.15, 0.2) is 78.9 Å². The number of nitrogens with one attached hydrogen (secondary N) is 5. The summed E-state index contributed by atoms with van der Waals surface area (Å²) in [5.74, 6) is -5.66. The Kier molecular flexibility index (Phi) is 15.5. The summed E-state index contributed by atoms with van der Waals surface area (Å²) in [5, 5.41) is 43.4. The maximum Gasteiger partial charge on any atom is 0.335 e. The zero-order valence-corrected chi connectivity index (χ0v) is 30.0. The second-order valence-corrected chi connectivity index (χ2v) is 13.4. The molecule has 0 saturated carbocycles. The first-order valence-electron chi connectivity index (χ1n) is 17.2. The molecule has 5 amide bonds. The molecule has 53 heavy (non-hydrogen) atoms. The molecule has 284 valence electrons. The van der Waals surface area contributed by atoms with Crippen molar-refractivity contribution < 1.29 is 44.1 Å². The average molecular weight is 733 g/mol. The number of aliphatic hydroxyl groups is 1. The number of carboxylic acid groups (broad SMARTS) is 1. The average Bonchev–Trinajstić information content (AvgIpc) is 3.11. The molecule has 0 heterocycles. The van der Waals surface area contributed by atoms with Crippen molar-refractivity contribution in [2.75, 3.05) is 11.9 Å². The van der Waals surface area contributed by atoms with Crippen molar-refractivity contribution in [2.45, 2.75) is 70.8 Å². The molecule has 5 atom stereocenters. The zero-order valence-electron chi connectivity index (χ0n) is 30.0. The second-order valence-electron chi connectivity index (χ2n) is 13.4. The summed E-state index contributed by atoms with van der Waals surface area (Å²) in [6.45, 7) is 6.75. The Balaban J connectivity index is 1.74. The molecule has 3 rings (SSSR count). The quantitative estimate of drug-likeness (QED) is 0.0913. The van der Waals surface area contributed by atoms with Crippen LogP contribution in [0.2, 0.25) is 0 Å². The number of para-hydroxylation sites is 1. The van der Waals surface area contributed by atoms with Crippen LogP contribution in [0.5, 0.6) is 5.75 Å². The van der Waals surface area contributed by atoms with Gasteiger partial charge in [-0.15, -0.1) is 0 Å². The van der Waals surface area contributed by atoms with E-state index in [0.29, 0.717) is 5.56 Å². The highest BCUT2D eigenvalue weighted by atomic mass is 16.4. The third-order valence-electron chi connectivity index (χ3n) is 8.21. The van der Waals surface area contributed by atoms with Crippen LogP contribution in [-0.2, 0) is 25.6 Å². The fraction of sp³-hybridized carbons (Fsp3) is 0.368. The molecule has 0 fully saturated rings. The number of anilines is 1. The van der Waals surface area contributed by atoms with Gasteiger partial charge in [-0.05, 0) is 60.6 Å². The maximum absolute atomic E-state index is 13.8. The lowest BCUT2D eigenvalue weighted by molar-refractivity contribution is -0.134. The number of aromatic carboxylic acids is 1. The highest BCUT2D eigenvalue weighted by Gasteiger charge is 2.34. The number of phenolic OH excluding ortho intramolecular Hbond substituents is 1. The van der Waals surface area contributed by atoms with Crippen molar-refractivity contribution in [1.82, 2.24) is 21.3 Å². The number of phenols is 1. The molecule has 0 spiro atoms. The SMILES string of the molecule is CC(C)C[C@H](NC(=O)[C@@H](NC(=O)[C@@H](N)CNC(=O)c1ccccc1O)C(C)C)C(=O)N[C@@H](Cc1ccccc1)[C@@H](O)C(=O)Nc1cccc(C(=O)O)c1. The molecule has 0 aromatic heterocycles. The van der Waals surface area contributed by atoms with E-state index in [-0.39, 0.29) is 47.9 Å². The minimum atomic E-state index is -1.79. The van der Waals surface area contributed by atoms with Gasteiger partial charge in [0.15, 0.2) is 6.10 Å². The van der Waals surface area contributed by atoms with Gasteiger partial charge in [-0.2, -0.15) is 0 Å². The number of hydrogen-bond acceptors (Lipinski definition) is 9. The van der Waals surface area contributed by atoms with Crippen molar-refractivity contribution >= 4 is 41.2 Å². The summed E-state index contributed by atoms with van der Waals surface area (Å²) in [4.78, 5) is 77.6. The van der Waals surface area contributed by atoms with Gasteiger partial charge in [0, 0.05) is 12.2 Å². The molecule has 3 aromatic rings. The smallest absolute Gasteiger partial charge is 0.335 e. The molecule has 0 aliphatic heterocycles. The van der Waals surface area contributed by atoms with Gasteiger partial charge in [0.2, 0.25) is 17.7 Å². The summed E-state index contributed by atoms with van der Waals surface area (Å²) in [5.41, 5.74) is 6.76. The number of aliphatic hydroxyl groups excluding tert-OH is 1. The fourth-order valence-electron chi connectivity index (χ4n) is 5.34. The molecule has 0 aliphatic carbocycles. The van der Waals surface area contributed by atoms with E-state index in [1.807, 2.05) is 13.8 Å². The predicted molar refractivity (Wildman–Crippen MR) is 197 cm³/mol. The Morgan fingerprint density at radius 1 is 0.755 bits per heavy atom. The molecule has 15 nitrogen and oxygen atoms in total. The van der Waals surface area contributed by atoms with E-state index in [9.17, 15) is 44.1 Å². The molecule has 3 aromatic carbocycles. The summed E-state index contributed by atoms with van der Waals surface area (Å²) in [6.07, 6.45) is -1.60. The summed E-state index contributed by atoms with van der Waals surface area (Å²) in [7, 11) is 0. The van der Waals surface area contributed by atoms with E-state index >= 15 is 0 Å². The molecular weight excluding hydrogens is 684 g/mol. The van der Waals surface area contributed by atoms with Crippen molar-refractivity contribution in [3.8, 4) is 5.75 Å². The predicted octanol–water partition coefficient (Wildman–Crippen LogP) is 1.55. The number of benzene rings is 3. The van der Waals surface area contributed by atoms with Gasteiger partial charge < -0.3 is 47.6 Å². The highest BCUT2D eigenvalue weighted by molar-refractivity contribution is 5.98. The summed E-state index contributed by atoms with van der Waals surface area (Å²) < 4.78 is 0. The molecule has 10 N–H and O–H groups in total. The number of carboxylic acids is 1. The highest BCUT2D eigenvalue weighted by Crippen LogP contribution is 2.16. The number of carbonyl (C=O) groups is 6. The van der Waals surface area contributed by atoms with E-state index in [4.69, 9.17) is 5.73 Å². The van der Waals surface area contributed by atoms with Gasteiger partial charge in [-0.25, -0.2) is 4.79 Å². The van der Waals surface area contributed by atoms with Crippen LogP contribution >= 0.6 is 0 Å². The van der Waals surface area contributed by atoms with Crippen molar-refractivity contribution in [1.29, 1.82) is 0 Å². The minimum absolute atomic E-state index is 0.00121. The van der Waals surface area contributed by atoms with Crippen molar-refractivity contribution in [3.63, 3.8) is 0 Å². The maximum atomic E-state index is 13.8. The second kappa shape index (κ2) is 19.7. The Bertz CT molecular complexity index is 1750. The third kappa shape index (κ3) is 12.7. The molecule has 0 saturated heterocycles. The Morgan fingerprint density at radius 2 is 1.42 bits per heavy atom. The van der Waals surface area contributed by atoms with Gasteiger partial charge in [0.25, 0.3) is 11.8 Å². The molecule has 0 aliphatic rings. The largest absolute Gasteiger partial charge is 0.507 e. The minimum Gasteiger partial charge on any atom is -0.507 e. The normalized spacial score (nSPS) is 13.9. The monoisotopic (exact) mass is 732 g/mol. The van der Waals surface area contributed by atoms with Crippen LogP contribution in [0, 0.1) is 11.8 Å². The number of carbonyl (C=O) groups excluding carboxylic acids is 5. The first kappa shape index (κ1) is 41.6. The number of amides is 5. The Hall–Kier alpha value is -5.80. The number of nitrogens with two attached hydrogens (primary N) is 1. The lowest BCUT2D eigenvalue weighted by Gasteiger charge is -2.29. The topological polar surface area (TPSA) is 249 Å². The molecule has 15 heteroatoms. The van der Waals surface area contributed by atoms with Crippen molar-refractivity contribution in [3.05, 3.63) is 95.6 Å². The molecular formula is C38H48N6O9. The van der Waals surface area contributed by atoms with Gasteiger partial charge in [-0.3, -0.25) is 24.0 Å². The van der Waals surface area contributed by atoms with Crippen LogP contribution < -0.4 is 32.3 Å². The van der Waals surface area contributed by atoms with E-state index in [1.165, 1.54) is 36.4 Å². The van der Waals surface area contributed by atoms with E-state index in [1.54, 1.807) is 56.3 Å². The van der Waals surface area contributed by atoms with Crippen LogP contribution in [0.3, 0.4) is 0 Å². The van der Waals surface area contributed by atoms with Crippen LogP contribution in [0.4, 0.5) is 5.69 Å². The Morgan fingerprint density at radius 3 is 2.04 bits per heavy atom. The lowest BCUT2D eigenvalue weighted by atomic mass is 9.97. The molecule has 0 unspecified atom stereocenters. The number of rotatable bonds is 18. The van der Waals surface area contributed by atoms with Gasteiger partial charge in [0.1, 0.15) is 23.9 Å². The van der Waals surface area contributed by atoms with Crippen LogP contribution in [0.25, 0.3) is 0 Å². The number of hydrogen-bond donors (Lipinski definition) is 9. The molecule has 0 radical (unpaired) electrons.